The lowest BCUT2D eigenvalue weighted by Crippen LogP contribution is -2.44. The van der Waals surface area contributed by atoms with Crippen LogP contribution in [-0.4, -0.2) is 41.9 Å². The van der Waals surface area contributed by atoms with Gasteiger partial charge in [0.25, 0.3) is 5.91 Å². The van der Waals surface area contributed by atoms with Gasteiger partial charge in [0.05, 0.1) is 11.4 Å². The van der Waals surface area contributed by atoms with E-state index in [9.17, 15) is 9.59 Å². The van der Waals surface area contributed by atoms with Gasteiger partial charge in [-0.25, -0.2) is 4.79 Å². The maximum atomic E-state index is 13.5. The monoisotopic (exact) mass is 413 g/mol. The molecule has 2 aromatic carbocycles. The van der Waals surface area contributed by atoms with Crippen molar-refractivity contribution < 1.29 is 14.7 Å². The van der Waals surface area contributed by atoms with Crippen LogP contribution in [-0.2, 0) is 4.79 Å². The number of hydrogen-bond donors (Lipinski definition) is 2. The molecule has 0 aromatic heterocycles. The Labute approximate surface area is 175 Å². The van der Waals surface area contributed by atoms with Crippen molar-refractivity contribution in [3.8, 4) is 0 Å². The van der Waals surface area contributed by atoms with E-state index in [2.05, 4.69) is 5.32 Å². The number of fused-ring (bicyclic) bond motifs is 1. The number of hydrogen-bond acceptors (Lipinski definition) is 3. The lowest BCUT2D eigenvalue weighted by Gasteiger charge is -2.27. The fraction of sp³-hybridized carbons (Fsp3) is 0.318. The van der Waals surface area contributed by atoms with Crippen LogP contribution in [0.4, 0.5) is 10.5 Å². The third-order valence-corrected chi connectivity index (χ3v) is 5.37. The van der Waals surface area contributed by atoms with Crippen molar-refractivity contribution in [2.45, 2.75) is 26.3 Å². The molecule has 3 rings (SSSR count). The van der Waals surface area contributed by atoms with Crippen molar-refractivity contribution in [3.63, 3.8) is 0 Å². The van der Waals surface area contributed by atoms with Gasteiger partial charge in [-0.05, 0) is 24.1 Å². The second-order valence-corrected chi connectivity index (χ2v) is 7.49. The third kappa shape index (κ3) is 4.59. The predicted octanol–water partition coefficient (Wildman–Crippen LogP) is 4.21. The molecule has 0 aliphatic carbocycles. The molecule has 0 saturated carbocycles. The zero-order valence-corrected chi connectivity index (χ0v) is 17.2. The van der Waals surface area contributed by atoms with E-state index in [1.807, 2.05) is 50.2 Å². The Morgan fingerprint density at radius 1 is 1.28 bits per heavy atom. The average Bonchev–Trinajstić information content (AvgIpc) is 2.83. The Morgan fingerprint density at radius 2 is 2.00 bits per heavy atom. The second-order valence-electron chi connectivity index (χ2n) is 7.06. The van der Waals surface area contributed by atoms with E-state index >= 15 is 0 Å². The maximum Gasteiger partial charge on any atom is 0.404 e. The van der Waals surface area contributed by atoms with Crippen LogP contribution in [0.15, 0.2) is 53.5 Å². The summed E-state index contributed by atoms with van der Waals surface area (Å²) in [7, 11) is 0. The standard InChI is InChI=1S/C22H24ClN3O3/c1-3-14(2)19-21(27)26(12-11-24-22(28)29)18-10-9-16(23)13-17(18)20(25-19)15-7-5-4-6-8-15/h4-10,13-14,19,24H,3,11-12H2,1-2H3,(H,28,29)/t14-,19-/m0/s1. The van der Waals surface area contributed by atoms with E-state index in [1.54, 1.807) is 17.0 Å². The molecular formula is C22H24ClN3O3. The molecule has 1 heterocycles. The van der Waals surface area contributed by atoms with Gasteiger partial charge in [-0.2, -0.15) is 0 Å². The minimum Gasteiger partial charge on any atom is -0.465 e. The molecule has 2 N–H and O–H groups in total. The minimum absolute atomic E-state index is 0.0286. The Bertz CT molecular complexity index is 930. The van der Waals surface area contributed by atoms with Gasteiger partial charge in [0, 0.05) is 29.2 Å². The second kappa shape index (κ2) is 9.09. The number of benzene rings is 2. The summed E-state index contributed by atoms with van der Waals surface area (Å²) >= 11 is 6.29. The van der Waals surface area contributed by atoms with Crippen LogP contribution in [0.1, 0.15) is 31.4 Å². The average molecular weight is 414 g/mol. The maximum absolute atomic E-state index is 13.5. The first kappa shape index (κ1) is 20.9. The molecule has 1 aliphatic heterocycles. The lowest BCUT2D eigenvalue weighted by atomic mass is 9.98. The molecule has 2 atom stereocenters. The summed E-state index contributed by atoms with van der Waals surface area (Å²) in [5.41, 5.74) is 3.07. The molecule has 2 aromatic rings. The molecule has 0 fully saturated rings. The van der Waals surface area contributed by atoms with Gasteiger partial charge in [-0.15, -0.1) is 0 Å². The molecule has 0 bridgehead atoms. The van der Waals surface area contributed by atoms with Gasteiger partial charge in [0.15, 0.2) is 0 Å². The number of carbonyl (C=O) groups excluding carboxylic acids is 1. The highest BCUT2D eigenvalue weighted by molar-refractivity contribution is 6.32. The molecule has 0 unspecified atom stereocenters. The molecule has 0 saturated heterocycles. The Balaban J connectivity index is 2.15. The minimum atomic E-state index is -1.12. The largest absolute Gasteiger partial charge is 0.465 e. The summed E-state index contributed by atoms with van der Waals surface area (Å²) in [4.78, 5) is 30.9. The van der Waals surface area contributed by atoms with Crippen LogP contribution in [0, 0.1) is 5.92 Å². The lowest BCUT2D eigenvalue weighted by molar-refractivity contribution is -0.120. The SMILES string of the molecule is CC[C@H](C)[C@@H]1N=C(c2ccccc2)c2cc(Cl)ccc2N(CCNC(=O)O)C1=O. The molecule has 0 spiro atoms. The number of rotatable bonds is 6. The quantitative estimate of drug-likeness (QED) is 0.744. The first-order valence-electron chi connectivity index (χ1n) is 9.63. The van der Waals surface area contributed by atoms with Gasteiger partial charge in [-0.1, -0.05) is 62.2 Å². The van der Waals surface area contributed by atoms with Crippen LogP contribution >= 0.6 is 11.6 Å². The van der Waals surface area contributed by atoms with Gasteiger partial charge < -0.3 is 15.3 Å². The number of nitrogens with one attached hydrogen (secondary N) is 1. The van der Waals surface area contributed by atoms with Crippen molar-refractivity contribution in [1.82, 2.24) is 5.32 Å². The van der Waals surface area contributed by atoms with Crippen molar-refractivity contribution in [3.05, 3.63) is 64.7 Å². The van der Waals surface area contributed by atoms with E-state index in [0.717, 1.165) is 23.3 Å². The Morgan fingerprint density at radius 3 is 2.66 bits per heavy atom. The third-order valence-electron chi connectivity index (χ3n) is 5.13. The summed E-state index contributed by atoms with van der Waals surface area (Å²) in [6.45, 7) is 4.37. The number of anilines is 1. The van der Waals surface area contributed by atoms with Gasteiger partial charge in [0.2, 0.25) is 0 Å². The summed E-state index contributed by atoms with van der Waals surface area (Å²) < 4.78 is 0. The summed E-state index contributed by atoms with van der Waals surface area (Å²) in [5, 5.41) is 11.8. The number of halogens is 1. The van der Waals surface area contributed by atoms with E-state index in [1.165, 1.54) is 0 Å². The molecule has 0 radical (unpaired) electrons. The highest BCUT2D eigenvalue weighted by Crippen LogP contribution is 2.32. The first-order chi connectivity index (χ1) is 13.9. The Kier molecular flexibility index (Phi) is 6.54. The predicted molar refractivity (Wildman–Crippen MR) is 115 cm³/mol. The summed E-state index contributed by atoms with van der Waals surface area (Å²) in [6, 6.07) is 14.5. The number of carbonyl (C=O) groups is 2. The Hall–Kier alpha value is -2.86. The summed E-state index contributed by atoms with van der Waals surface area (Å²) in [5.74, 6) is -0.109. The molecule has 6 nitrogen and oxygen atoms in total. The number of benzodiazepines with no additional fused rings is 1. The topological polar surface area (TPSA) is 82.0 Å². The van der Waals surface area contributed by atoms with E-state index in [0.29, 0.717) is 10.7 Å². The van der Waals surface area contributed by atoms with Gasteiger partial charge in [-0.3, -0.25) is 9.79 Å². The van der Waals surface area contributed by atoms with Gasteiger partial charge >= 0.3 is 6.09 Å². The van der Waals surface area contributed by atoms with Gasteiger partial charge in [0.1, 0.15) is 6.04 Å². The fourth-order valence-corrected chi connectivity index (χ4v) is 3.57. The van der Waals surface area contributed by atoms with Crippen molar-refractivity contribution >= 4 is 35.0 Å². The smallest absolute Gasteiger partial charge is 0.404 e. The van der Waals surface area contributed by atoms with Crippen LogP contribution in [0.5, 0.6) is 0 Å². The highest BCUT2D eigenvalue weighted by Gasteiger charge is 2.34. The molecule has 152 valence electrons. The molecular weight excluding hydrogens is 390 g/mol. The number of carboxylic acid groups (broad SMARTS) is 1. The number of aliphatic imine (C=N–C) groups is 1. The number of nitrogens with zero attached hydrogens (tertiary/aromatic N) is 2. The highest BCUT2D eigenvalue weighted by atomic mass is 35.5. The van der Waals surface area contributed by atoms with Crippen LogP contribution in [0.3, 0.4) is 0 Å². The fourth-order valence-electron chi connectivity index (χ4n) is 3.40. The van der Waals surface area contributed by atoms with Crippen molar-refractivity contribution in [1.29, 1.82) is 0 Å². The molecule has 1 aliphatic rings. The van der Waals surface area contributed by atoms with E-state index in [-0.39, 0.29) is 24.9 Å². The van der Waals surface area contributed by atoms with Crippen LogP contribution in [0.2, 0.25) is 5.02 Å². The molecule has 7 heteroatoms. The normalized spacial score (nSPS) is 17.2. The summed E-state index contributed by atoms with van der Waals surface area (Å²) in [6.07, 6.45) is -0.330. The van der Waals surface area contributed by atoms with E-state index in [4.69, 9.17) is 21.7 Å². The molecule has 29 heavy (non-hydrogen) atoms. The van der Waals surface area contributed by atoms with Crippen LogP contribution < -0.4 is 10.2 Å². The van der Waals surface area contributed by atoms with E-state index < -0.39 is 12.1 Å². The molecule has 2 amide bonds. The van der Waals surface area contributed by atoms with Crippen molar-refractivity contribution in [2.75, 3.05) is 18.0 Å². The van der Waals surface area contributed by atoms with Crippen LogP contribution in [0.25, 0.3) is 0 Å². The number of amides is 2. The zero-order valence-electron chi connectivity index (χ0n) is 16.4. The zero-order chi connectivity index (χ0) is 21.0. The van der Waals surface area contributed by atoms with Crippen molar-refractivity contribution in [2.24, 2.45) is 10.9 Å². The first-order valence-corrected chi connectivity index (χ1v) is 10.0.